The fourth-order valence-electron chi connectivity index (χ4n) is 5.96. The van der Waals surface area contributed by atoms with Gasteiger partial charge in [-0.1, -0.05) is 47.7 Å². The van der Waals surface area contributed by atoms with Crippen molar-refractivity contribution >= 4 is 23.5 Å². The predicted octanol–water partition coefficient (Wildman–Crippen LogP) is 5.70. The number of para-hydroxylation sites is 1. The molecule has 0 amide bonds. The average Bonchev–Trinajstić information content (AvgIpc) is 3.23. The number of aryl methyl sites for hydroxylation is 3. The zero-order chi connectivity index (χ0) is 30.8. The molecule has 4 aromatic rings. The summed E-state index contributed by atoms with van der Waals surface area (Å²) in [6.45, 7) is 14.1. The van der Waals surface area contributed by atoms with Crippen LogP contribution in [0.4, 0.5) is 0 Å². The van der Waals surface area contributed by atoms with E-state index in [1.54, 1.807) is 4.68 Å². The molecule has 5 rings (SSSR count). The van der Waals surface area contributed by atoms with E-state index in [1.165, 1.54) is 16.7 Å². The molecule has 0 fully saturated rings. The highest BCUT2D eigenvalue weighted by Gasteiger charge is 2.40. The van der Waals surface area contributed by atoms with Crippen LogP contribution in [0.3, 0.4) is 0 Å². The SMILES string of the molecule is Cc1ccc(C(c2ccc3c(nnn3C)c2C)C(C)(C)C(=O)O)cc1CN1Cc2ccccc2OC(C)(C)C1.O=CO. The third-order valence-corrected chi connectivity index (χ3v) is 8.12. The van der Waals surface area contributed by atoms with E-state index in [9.17, 15) is 9.90 Å². The first-order chi connectivity index (χ1) is 19.8. The first kappa shape index (κ1) is 30.7. The second-order valence-corrected chi connectivity index (χ2v) is 12.2. The summed E-state index contributed by atoms with van der Waals surface area (Å²) in [5, 5.41) is 25.8. The van der Waals surface area contributed by atoms with E-state index in [0.29, 0.717) is 0 Å². The van der Waals surface area contributed by atoms with Crippen molar-refractivity contribution in [3.63, 3.8) is 0 Å². The maximum atomic E-state index is 12.6. The Morgan fingerprint density at radius 2 is 1.83 bits per heavy atom. The number of ether oxygens (including phenoxy) is 1. The van der Waals surface area contributed by atoms with Crippen LogP contribution in [0.1, 0.15) is 67.0 Å². The van der Waals surface area contributed by atoms with Gasteiger partial charge in [-0.15, -0.1) is 5.10 Å². The third-order valence-electron chi connectivity index (χ3n) is 8.12. The van der Waals surface area contributed by atoms with E-state index >= 15 is 0 Å². The number of aliphatic carboxylic acids is 1. The van der Waals surface area contributed by atoms with Gasteiger partial charge in [0.15, 0.2) is 0 Å². The number of hydrogen-bond donors (Lipinski definition) is 2. The van der Waals surface area contributed by atoms with Crippen molar-refractivity contribution in [2.45, 2.75) is 66.2 Å². The Hall–Kier alpha value is -4.24. The number of carboxylic acid groups (broad SMARTS) is 2. The molecule has 0 spiro atoms. The van der Waals surface area contributed by atoms with E-state index in [4.69, 9.17) is 14.6 Å². The van der Waals surface area contributed by atoms with E-state index in [2.05, 4.69) is 66.3 Å². The zero-order valence-electron chi connectivity index (χ0n) is 25.4. The molecule has 1 unspecified atom stereocenters. The summed E-state index contributed by atoms with van der Waals surface area (Å²) in [6, 6.07) is 18.7. The monoisotopic (exact) mass is 572 g/mol. The molecule has 1 aliphatic rings. The van der Waals surface area contributed by atoms with Gasteiger partial charge in [-0.2, -0.15) is 0 Å². The Bertz CT molecular complexity index is 1610. The number of rotatable bonds is 6. The van der Waals surface area contributed by atoms with Gasteiger partial charge in [0.25, 0.3) is 6.47 Å². The lowest BCUT2D eigenvalue weighted by Crippen LogP contribution is -2.40. The van der Waals surface area contributed by atoms with Gasteiger partial charge in [-0.05, 0) is 81.5 Å². The van der Waals surface area contributed by atoms with E-state index in [1.807, 2.05) is 52.1 Å². The number of fused-ring (bicyclic) bond motifs is 2. The fraction of sp³-hybridized carbons (Fsp3) is 0.394. The third kappa shape index (κ3) is 6.16. The lowest BCUT2D eigenvalue weighted by atomic mass is 9.69. The number of aromatic nitrogens is 3. The van der Waals surface area contributed by atoms with Crippen molar-refractivity contribution in [2.24, 2.45) is 12.5 Å². The topological polar surface area (TPSA) is 118 Å². The Morgan fingerprint density at radius 1 is 1.14 bits per heavy atom. The van der Waals surface area contributed by atoms with Crippen LogP contribution in [0, 0.1) is 19.3 Å². The highest BCUT2D eigenvalue weighted by Crippen LogP contribution is 2.44. The lowest BCUT2D eigenvalue weighted by molar-refractivity contribution is -0.147. The summed E-state index contributed by atoms with van der Waals surface area (Å²) in [6.07, 6.45) is 0. The highest BCUT2D eigenvalue weighted by molar-refractivity contribution is 5.81. The molecule has 1 atom stereocenters. The summed E-state index contributed by atoms with van der Waals surface area (Å²) in [5.41, 5.74) is 6.80. The lowest BCUT2D eigenvalue weighted by Gasteiger charge is -2.33. The summed E-state index contributed by atoms with van der Waals surface area (Å²) >= 11 is 0. The van der Waals surface area contributed by atoms with Gasteiger partial charge in [0.1, 0.15) is 16.9 Å². The van der Waals surface area contributed by atoms with Crippen LogP contribution in [-0.4, -0.2) is 54.7 Å². The molecule has 1 aliphatic heterocycles. The molecular formula is C33H40N4O5. The smallest absolute Gasteiger partial charge is 0.310 e. The predicted molar refractivity (Wildman–Crippen MR) is 162 cm³/mol. The molecule has 2 N–H and O–H groups in total. The molecule has 0 aliphatic carbocycles. The Balaban J connectivity index is 0.00000129. The van der Waals surface area contributed by atoms with E-state index in [0.717, 1.165) is 53.1 Å². The molecule has 9 nitrogen and oxygen atoms in total. The normalized spacial score (nSPS) is 15.5. The average molecular weight is 573 g/mol. The van der Waals surface area contributed by atoms with Crippen LogP contribution in [0.25, 0.3) is 11.0 Å². The number of carboxylic acids is 1. The van der Waals surface area contributed by atoms with Gasteiger partial charge in [0.2, 0.25) is 0 Å². The molecular weight excluding hydrogens is 532 g/mol. The largest absolute Gasteiger partial charge is 0.486 e. The van der Waals surface area contributed by atoms with Crippen molar-refractivity contribution in [2.75, 3.05) is 6.54 Å². The number of benzene rings is 3. The summed E-state index contributed by atoms with van der Waals surface area (Å²) in [5.74, 6) is -0.268. The van der Waals surface area contributed by atoms with Gasteiger partial charge in [-0.3, -0.25) is 14.5 Å². The summed E-state index contributed by atoms with van der Waals surface area (Å²) in [7, 11) is 1.87. The minimum Gasteiger partial charge on any atom is -0.486 e. The van der Waals surface area contributed by atoms with Crippen LogP contribution in [0.5, 0.6) is 5.75 Å². The number of hydrogen-bond acceptors (Lipinski definition) is 6. The molecule has 0 bridgehead atoms. The molecule has 222 valence electrons. The van der Waals surface area contributed by atoms with E-state index < -0.39 is 11.4 Å². The summed E-state index contributed by atoms with van der Waals surface area (Å²) < 4.78 is 8.11. The van der Waals surface area contributed by atoms with Crippen molar-refractivity contribution in [1.82, 2.24) is 19.9 Å². The van der Waals surface area contributed by atoms with Gasteiger partial charge in [0, 0.05) is 38.2 Å². The second kappa shape index (κ2) is 11.9. The molecule has 42 heavy (non-hydrogen) atoms. The molecule has 0 saturated heterocycles. The zero-order valence-corrected chi connectivity index (χ0v) is 25.4. The molecule has 1 aromatic heterocycles. The maximum Gasteiger partial charge on any atom is 0.310 e. The van der Waals surface area contributed by atoms with Crippen LogP contribution in [0.2, 0.25) is 0 Å². The molecule has 2 heterocycles. The fourth-order valence-corrected chi connectivity index (χ4v) is 5.96. The van der Waals surface area contributed by atoms with Gasteiger partial charge in [0.05, 0.1) is 10.9 Å². The number of nitrogens with zero attached hydrogens (tertiary/aromatic N) is 4. The molecule has 3 aromatic carbocycles. The Kier molecular flexibility index (Phi) is 8.73. The first-order valence-corrected chi connectivity index (χ1v) is 14.0. The molecule has 0 radical (unpaired) electrons. The van der Waals surface area contributed by atoms with Gasteiger partial charge >= 0.3 is 5.97 Å². The van der Waals surface area contributed by atoms with Crippen molar-refractivity contribution in [3.8, 4) is 5.75 Å². The van der Waals surface area contributed by atoms with Crippen LogP contribution in [0.15, 0.2) is 54.6 Å². The van der Waals surface area contributed by atoms with Crippen molar-refractivity contribution in [1.29, 1.82) is 0 Å². The van der Waals surface area contributed by atoms with Crippen molar-refractivity contribution < 1.29 is 24.5 Å². The first-order valence-electron chi connectivity index (χ1n) is 14.0. The second-order valence-electron chi connectivity index (χ2n) is 12.2. The van der Waals surface area contributed by atoms with E-state index in [-0.39, 0.29) is 18.0 Å². The van der Waals surface area contributed by atoms with Gasteiger partial charge < -0.3 is 14.9 Å². The molecule has 0 saturated carbocycles. The van der Waals surface area contributed by atoms with Crippen LogP contribution in [-0.2, 0) is 29.7 Å². The minimum absolute atomic E-state index is 0.250. The summed E-state index contributed by atoms with van der Waals surface area (Å²) in [4.78, 5) is 23.4. The van der Waals surface area contributed by atoms with Gasteiger partial charge in [-0.25, -0.2) is 4.68 Å². The standard InChI is InChI=1S/C32H38N4O3.CH2O2/c1-20-12-13-22(16-24(20)18-36-17-23-10-8-9-11-27(23)39-31(3,4)19-36)28(32(5,6)30(37)38)25-14-15-26-29(21(25)2)33-34-35(26)7;2-1-3/h8-16,28H,17-19H2,1-7H3,(H,37,38);1H,(H,2,3). The van der Waals surface area contributed by atoms with Crippen LogP contribution < -0.4 is 4.74 Å². The molecule has 9 heteroatoms. The van der Waals surface area contributed by atoms with Crippen molar-refractivity contribution in [3.05, 3.63) is 88.0 Å². The maximum absolute atomic E-state index is 12.6. The number of carbonyl (C=O) groups is 2. The quantitative estimate of drug-likeness (QED) is 0.283. The Labute approximate surface area is 246 Å². The van der Waals surface area contributed by atoms with Crippen LogP contribution >= 0.6 is 0 Å². The highest BCUT2D eigenvalue weighted by atomic mass is 16.5. The minimum atomic E-state index is -1.05. The Morgan fingerprint density at radius 3 is 2.52 bits per heavy atom.